The first-order chi connectivity index (χ1) is 10.2. The van der Waals surface area contributed by atoms with E-state index in [1.807, 2.05) is 30.1 Å². The number of nitrogens with zero attached hydrogens (tertiary/aromatic N) is 1. The third-order valence-corrected chi connectivity index (χ3v) is 3.95. The zero-order chi connectivity index (χ0) is 14.7. The van der Waals surface area contributed by atoms with Crippen molar-refractivity contribution in [2.24, 2.45) is 0 Å². The molecule has 0 spiro atoms. The quantitative estimate of drug-likeness (QED) is 0.870. The molecule has 0 aliphatic heterocycles. The third kappa shape index (κ3) is 3.61. The van der Waals surface area contributed by atoms with E-state index >= 15 is 0 Å². The Morgan fingerprint density at radius 1 is 1.05 bits per heavy atom. The molecule has 0 saturated heterocycles. The molecule has 0 aromatic heterocycles. The summed E-state index contributed by atoms with van der Waals surface area (Å²) in [5, 5.41) is 3.55. The van der Waals surface area contributed by atoms with Gasteiger partial charge < -0.3 is 10.2 Å². The van der Waals surface area contributed by atoms with Gasteiger partial charge in [-0.3, -0.25) is 0 Å². The molecule has 1 N–H and O–H groups in total. The van der Waals surface area contributed by atoms with Crippen LogP contribution in [0.4, 0.5) is 10.1 Å². The van der Waals surface area contributed by atoms with E-state index in [1.54, 1.807) is 6.07 Å². The second-order valence-corrected chi connectivity index (χ2v) is 5.73. The third-order valence-electron chi connectivity index (χ3n) is 3.95. The minimum absolute atomic E-state index is 0.173. The van der Waals surface area contributed by atoms with E-state index in [-0.39, 0.29) is 5.82 Å². The van der Waals surface area contributed by atoms with Gasteiger partial charge in [-0.2, -0.15) is 0 Å². The second kappa shape index (κ2) is 6.27. The van der Waals surface area contributed by atoms with E-state index < -0.39 is 0 Å². The van der Waals surface area contributed by atoms with Gasteiger partial charge >= 0.3 is 0 Å². The molecule has 3 heteroatoms. The summed E-state index contributed by atoms with van der Waals surface area (Å²) in [7, 11) is 1.93. The van der Waals surface area contributed by atoms with Crippen LogP contribution in [0.3, 0.4) is 0 Å². The number of rotatable bonds is 6. The summed E-state index contributed by atoms with van der Waals surface area (Å²) >= 11 is 0. The molecule has 2 nitrogen and oxygen atoms in total. The van der Waals surface area contributed by atoms with Gasteiger partial charge in [0.25, 0.3) is 0 Å². The van der Waals surface area contributed by atoms with Crippen molar-refractivity contribution in [3.05, 3.63) is 65.5 Å². The van der Waals surface area contributed by atoms with Crippen molar-refractivity contribution in [3.63, 3.8) is 0 Å². The van der Waals surface area contributed by atoms with E-state index in [0.29, 0.717) is 18.3 Å². The zero-order valence-electron chi connectivity index (χ0n) is 12.3. The van der Waals surface area contributed by atoms with Crippen LogP contribution in [0.2, 0.25) is 0 Å². The fourth-order valence-electron chi connectivity index (χ4n) is 2.53. The highest BCUT2D eigenvalue weighted by molar-refractivity contribution is 5.48. The van der Waals surface area contributed by atoms with E-state index in [9.17, 15) is 4.39 Å². The first-order valence-electron chi connectivity index (χ1n) is 7.50. The fourth-order valence-corrected chi connectivity index (χ4v) is 2.53. The summed E-state index contributed by atoms with van der Waals surface area (Å²) in [6.07, 6.45) is 2.58. The summed E-state index contributed by atoms with van der Waals surface area (Å²) < 4.78 is 13.9. The van der Waals surface area contributed by atoms with Gasteiger partial charge in [0.1, 0.15) is 5.82 Å². The molecule has 0 amide bonds. The number of hydrogen-bond donors (Lipinski definition) is 1. The minimum Gasteiger partial charge on any atom is -0.368 e. The molecule has 0 atom stereocenters. The van der Waals surface area contributed by atoms with Crippen LogP contribution in [-0.2, 0) is 13.1 Å². The Labute approximate surface area is 125 Å². The largest absolute Gasteiger partial charge is 0.368 e. The van der Waals surface area contributed by atoms with Gasteiger partial charge in [-0.15, -0.1) is 0 Å². The summed E-state index contributed by atoms with van der Waals surface area (Å²) in [6.45, 7) is 1.61. The van der Waals surface area contributed by atoms with E-state index in [2.05, 4.69) is 23.5 Å². The highest BCUT2D eigenvalue weighted by Gasteiger charge is 2.20. The normalized spacial score (nSPS) is 14.2. The predicted molar refractivity (Wildman–Crippen MR) is 84.8 cm³/mol. The van der Waals surface area contributed by atoms with Crippen molar-refractivity contribution in [2.45, 2.75) is 32.0 Å². The van der Waals surface area contributed by atoms with Crippen LogP contribution < -0.4 is 10.2 Å². The molecule has 0 heterocycles. The van der Waals surface area contributed by atoms with Gasteiger partial charge in [-0.1, -0.05) is 36.4 Å². The summed E-state index contributed by atoms with van der Waals surface area (Å²) in [6, 6.07) is 16.0. The van der Waals surface area contributed by atoms with Crippen LogP contribution in [0.5, 0.6) is 0 Å². The van der Waals surface area contributed by atoms with E-state index in [4.69, 9.17) is 0 Å². The fraction of sp³-hybridized carbons (Fsp3) is 0.333. The number of halogens is 1. The molecule has 1 aliphatic carbocycles. The molecular weight excluding hydrogens is 263 g/mol. The highest BCUT2D eigenvalue weighted by Crippen LogP contribution is 2.22. The first kappa shape index (κ1) is 14.1. The summed E-state index contributed by atoms with van der Waals surface area (Å²) in [4.78, 5) is 1.96. The zero-order valence-corrected chi connectivity index (χ0v) is 12.3. The average molecular weight is 284 g/mol. The number of para-hydroxylation sites is 1. The summed E-state index contributed by atoms with van der Waals surface area (Å²) in [5.41, 5.74) is 3.19. The van der Waals surface area contributed by atoms with Gasteiger partial charge in [0, 0.05) is 26.2 Å². The predicted octanol–water partition coefficient (Wildman–Crippen LogP) is 3.71. The average Bonchev–Trinajstić information content (AvgIpc) is 3.31. The molecule has 1 fully saturated rings. The van der Waals surface area contributed by atoms with E-state index in [0.717, 1.165) is 6.54 Å². The molecule has 0 bridgehead atoms. The molecule has 2 aromatic carbocycles. The van der Waals surface area contributed by atoms with Crippen LogP contribution in [0.25, 0.3) is 0 Å². The van der Waals surface area contributed by atoms with Crippen LogP contribution >= 0.6 is 0 Å². The molecule has 2 aromatic rings. The lowest BCUT2D eigenvalue weighted by Crippen LogP contribution is -2.21. The maximum Gasteiger partial charge on any atom is 0.146 e. The Bertz CT molecular complexity index is 608. The van der Waals surface area contributed by atoms with Crippen LogP contribution in [0.1, 0.15) is 24.0 Å². The summed E-state index contributed by atoms with van der Waals surface area (Å²) in [5.74, 6) is -0.173. The molecule has 3 rings (SSSR count). The molecule has 1 aliphatic rings. The van der Waals surface area contributed by atoms with Crippen molar-refractivity contribution < 1.29 is 4.39 Å². The van der Waals surface area contributed by atoms with Gasteiger partial charge in [-0.25, -0.2) is 4.39 Å². The maximum absolute atomic E-state index is 13.9. The number of hydrogen-bond acceptors (Lipinski definition) is 2. The molecule has 110 valence electrons. The van der Waals surface area contributed by atoms with Crippen LogP contribution in [-0.4, -0.2) is 13.1 Å². The lowest BCUT2D eigenvalue weighted by molar-refractivity contribution is 0.621. The standard InChI is InChI=1S/C18H21FN2/c1-21(18-9-5-4-8-17(18)19)13-15-7-3-2-6-14(15)12-20-16-10-11-16/h2-9,16,20H,10-13H2,1H3. The Kier molecular flexibility index (Phi) is 4.20. The number of nitrogens with one attached hydrogen (secondary N) is 1. The Hall–Kier alpha value is -1.87. The first-order valence-corrected chi connectivity index (χ1v) is 7.50. The van der Waals surface area contributed by atoms with Gasteiger partial charge in [-0.05, 0) is 36.1 Å². The topological polar surface area (TPSA) is 15.3 Å². The van der Waals surface area contributed by atoms with Gasteiger partial charge in [0.2, 0.25) is 0 Å². The molecular formula is C18H21FN2. The lowest BCUT2D eigenvalue weighted by atomic mass is 10.1. The Morgan fingerprint density at radius 3 is 2.43 bits per heavy atom. The SMILES string of the molecule is CN(Cc1ccccc1CNC1CC1)c1ccccc1F. The molecule has 0 unspecified atom stereocenters. The van der Waals surface area contributed by atoms with Crippen molar-refractivity contribution in [3.8, 4) is 0 Å². The lowest BCUT2D eigenvalue weighted by Gasteiger charge is -2.21. The highest BCUT2D eigenvalue weighted by atomic mass is 19.1. The van der Waals surface area contributed by atoms with E-state index in [1.165, 1.54) is 30.0 Å². The van der Waals surface area contributed by atoms with Crippen molar-refractivity contribution in [1.29, 1.82) is 0 Å². The van der Waals surface area contributed by atoms with Crippen LogP contribution in [0.15, 0.2) is 48.5 Å². The number of benzene rings is 2. The van der Waals surface area contributed by atoms with Gasteiger partial charge in [0.15, 0.2) is 0 Å². The Morgan fingerprint density at radius 2 is 1.71 bits per heavy atom. The van der Waals surface area contributed by atoms with Crippen molar-refractivity contribution in [1.82, 2.24) is 5.32 Å². The minimum atomic E-state index is -0.173. The smallest absolute Gasteiger partial charge is 0.146 e. The maximum atomic E-state index is 13.9. The van der Waals surface area contributed by atoms with Crippen LogP contribution in [0, 0.1) is 5.82 Å². The van der Waals surface area contributed by atoms with Gasteiger partial charge in [0.05, 0.1) is 5.69 Å². The second-order valence-electron chi connectivity index (χ2n) is 5.73. The van der Waals surface area contributed by atoms with Crippen molar-refractivity contribution >= 4 is 5.69 Å². The molecule has 0 radical (unpaired) electrons. The van der Waals surface area contributed by atoms with Crippen molar-refractivity contribution in [2.75, 3.05) is 11.9 Å². The monoisotopic (exact) mass is 284 g/mol. The number of anilines is 1. The molecule has 1 saturated carbocycles. The molecule has 21 heavy (non-hydrogen) atoms. The Balaban J connectivity index is 1.72.